The first-order chi connectivity index (χ1) is 10.7. The maximum absolute atomic E-state index is 12.9. The minimum atomic E-state index is -0.476. The van der Waals surface area contributed by atoms with Gasteiger partial charge in [-0.2, -0.15) is 0 Å². The summed E-state index contributed by atoms with van der Waals surface area (Å²) in [4.78, 5) is 17.2. The zero-order valence-corrected chi connectivity index (χ0v) is 16.0. The summed E-state index contributed by atoms with van der Waals surface area (Å²) in [7, 11) is 0. The molecule has 0 spiro atoms. The number of rotatable bonds is 5. The zero-order chi connectivity index (χ0) is 17.4. The fraction of sp³-hybridized carbons (Fsp3) is 0.588. The van der Waals surface area contributed by atoms with E-state index in [2.05, 4.69) is 15.5 Å². The summed E-state index contributed by atoms with van der Waals surface area (Å²) < 4.78 is 5.32. The van der Waals surface area contributed by atoms with Gasteiger partial charge >= 0.3 is 0 Å². The van der Waals surface area contributed by atoms with Gasteiger partial charge in [-0.1, -0.05) is 32.9 Å². The molecule has 0 bridgehead atoms. The molecule has 2 rings (SSSR count). The number of fused-ring (bicyclic) bond motifs is 1. The van der Waals surface area contributed by atoms with Gasteiger partial charge in [0, 0.05) is 12.2 Å². The van der Waals surface area contributed by atoms with E-state index in [-0.39, 0.29) is 30.2 Å². The Labute approximate surface area is 149 Å². The van der Waals surface area contributed by atoms with Crippen LogP contribution in [0.5, 0.6) is 0 Å². The van der Waals surface area contributed by atoms with Crippen molar-refractivity contribution in [1.29, 1.82) is 0 Å². The number of nitrogens with two attached hydrogens (primary N) is 1. The van der Waals surface area contributed by atoms with Crippen molar-refractivity contribution >= 4 is 29.4 Å². The number of carbonyl (C=O) groups excluding carboxylic acids is 1. The van der Waals surface area contributed by atoms with Gasteiger partial charge in [0.2, 0.25) is 0 Å². The molecule has 2 aromatic rings. The maximum atomic E-state index is 12.9. The summed E-state index contributed by atoms with van der Waals surface area (Å²) in [6.45, 7) is 12.3. The van der Waals surface area contributed by atoms with Gasteiger partial charge in [-0.15, -0.1) is 12.4 Å². The zero-order valence-electron chi connectivity index (χ0n) is 15.1. The average Bonchev–Trinajstić information content (AvgIpc) is 2.89. The van der Waals surface area contributed by atoms with Gasteiger partial charge in [0.25, 0.3) is 11.6 Å². The molecular weight excluding hydrogens is 328 g/mol. The van der Waals surface area contributed by atoms with Crippen LogP contribution in [0.25, 0.3) is 11.1 Å². The molecule has 2 aromatic heterocycles. The molecule has 134 valence electrons. The molecule has 3 N–H and O–H groups in total. The Kier molecular flexibility index (Phi) is 6.36. The van der Waals surface area contributed by atoms with Crippen molar-refractivity contribution < 1.29 is 9.32 Å². The van der Waals surface area contributed by atoms with Crippen LogP contribution in [0.3, 0.4) is 0 Å². The molecule has 0 fully saturated rings. The van der Waals surface area contributed by atoms with Crippen LogP contribution in [0.2, 0.25) is 0 Å². The lowest BCUT2D eigenvalue weighted by molar-refractivity contribution is 0.0884. The lowest BCUT2D eigenvalue weighted by Gasteiger charge is -2.33. The topological polar surface area (TPSA) is 94.0 Å². The van der Waals surface area contributed by atoms with Crippen LogP contribution >= 0.6 is 12.4 Å². The van der Waals surface area contributed by atoms with Gasteiger partial charge in [0.1, 0.15) is 0 Å². The molecule has 6 nitrogen and oxygen atoms in total. The second-order valence-electron chi connectivity index (χ2n) is 6.94. The van der Waals surface area contributed by atoms with Gasteiger partial charge in [-0.05, 0) is 31.7 Å². The first-order valence-corrected chi connectivity index (χ1v) is 7.99. The number of aryl methyl sites for hydroxylation is 1. The van der Waals surface area contributed by atoms with E-state index in [1.54, 1.807) is 6.07 Å². The monoisotopic (exact) mass is 354 g/mol. The van der Waals surface area contributed by atoms with E-state index < -0.39 is 5.54 Å². The maximum Gasteiger partial charge on any atom is 0.259 e. The minimum Gasteiger partial charge on any atom is -0.345 e. The van der Waals surface area contributed by atoms with Crippen LogP contribution in [0.1, 0.15) is 62.3 Å². The second-order valence-corrected chi connectivity index (χ2v) is 6.94. The molecule has 24 heavy (non-hydrogen) atoms. The van der Waals surface area contributed by atoms with Crippen LogP contribution in [0.4, 0.5) is 0 Å². The number of nitrogens with one attached hydrogen (secondary N) is 1. The molecule has 1 amide bonds. The van der Waals surface area contributed by atoms with Crippen molar-refractivity contribution in [2.75, 3.05) is 6.54 Å². The number of carbonyl (C=O) groups is 1. The molecule has 0 saturated heterocycles. The smallest absolute Gasteiger partial charge is 0.259 e. The average molecular weight is 355 g/mol. The summed E-state index contributed by atoms with van der Waals surface area (Å²) in [5, 5.41) is 7.85. The number of hydrogen-bond acceptors (Lipinski definition) is 5. The highest BCUT2D eigenvalue weighted by atomic mass is 35.5. The van der Waals surface area contributed by atoms with E-state index in [0.717, 1.165) is 5.69 Å². The van der Waals surface area contributed by atoms with Gasteiger partial charge in [-0.25, -0.2) is 4.98 Å². The van der Waals surface area contributed by atoms with E-state index in [0.29, 0.717) is 28.9 Å². The SMILES string of the molecule is Cc1cc(C(=O)NC(C)(CN)C(C)C)c2c(C(C)C)noc2n1.Cl. The van der Waals surface area contributed by atoms with E-state index >= 15 is 0 Å². The lowest BCUT2D eigenvalue weighted by atomic mass is 9.88. The molecule has 0 aromatic carbocycles. The van der Waals surface area contributed by atoms with Crippen LogP contribution in [0, 0.1) is 12.8 Å². The molecule has 0 aliphatic rings. The number of hydrogen-bond donors (Lipinski definition) is 2. The van der Waals surface area contributed by atoms with Crippen LogP contribution in [0.15, 0.2) is 10.6 Å². The number of nitrogens with zero attached hydrogens (tertiary/aromatic N) is 2. The number of amides is 1. The van der Waals surface area contributed by atoms with E-state index in [9.17, 15) is 4.79 Å². The van der Waals surface area contributed by atoms with Crippen molar-refractivity contribution in [1.82, 2.24) is 15.5 Å². The summed E-state index contributed by atoms with van der Waals surface area (Å²) in [6, 6.07) is 1.78. The number of halogens is 1. The number of pyridine rings is 1. The Morgan fingerprint density at radius 1 is 1.38 bits per heavy atom. The highest BCUT2D eigenvalue weighted by Gasteiger charge is 2.30. The van der Waals surface area contributed by atoms with Crippen LogP contribution < -0.4 is 11.1 Å². The third-order valence-corrected chi connectivity index (χ3v) is 4.49. The van der Waals surface area contributed by atoms with Gasteiger partial charge < -0.3 is 15.6 Å². The highest BCUT2D eigenvalue weighted by Crippen LogP contribution is 2.28. The summed E-state index contributed by atoms with van der Waals surface area (Å²) >= 11 is 0. The predicted octanol–water partition coefficient (Wildman–Crippen LogP) is 3.18. The third kappa shape index (κ3) is 3.70. The van der Waals surface area contributed by atoms with Crippen molar-refractivity contribution in [3.05, 3.63) is 23.0 Å². The summed E-state index contributed by atoms with van der Waals surface area (Å²) in [5.41, 5.74) is 7.80. The lowest BCUT2D eigenvalue weighted by Crippen LogP contribution is -2.55. The molecule has 0 aliphatic heterocycles. The molecular formula is C17H27ClN4O2. The second kappa shape index (κ2) is 7.49. The molecule has 0 radical (unpaired) electrons. The van der Waals surface area contributed by atoms with Gasteiger partial charge in [-0.3, -0.25) is 4.79 Å². The van der Waals surface area contributed by atoms with Crippen molar-refractivity contribution in [2.45, 2.75) is 53.0 Å². The molecule has 0 aliphatic carbocycles. The Morgan fingerprint density at radius 3 is 2.50 bits per heavy atom. The Balaban J connectivity index is 0.00000288. The largest absolute Gasteiger partial charge is 0.345 e. The van der Waals surface area contributed by atoms with E-state index in [1.807, 2.05) is 41.5 Å². The Hall–Kier alpha value is -1.66. The van der Waals surface area contributed by atoms with Crippen LogP contribution in [-0.2, 0) is 0 Å². The fourth-order valence-electron chi connectivity index (χ4n) is 2.43. The molecule has 1 atom stereocenters. The van der Waals surface area contributed by atoms with Crippen molar-refractivity contribution in [3.63, 3.8) is 0 Å². The standard InChI is InChI=1S/C17H26N4O2.ClH/c1-9(2)14-13-12(7-11(5)19-16(13)23-21-14)15(22)20-17(6,8-18)10(3)4;/h7,9-10H,8,18H2,1-6H3,(H,20,22);1H. The Bertz CT molecular complexity index is 727. The molecule has 1 unspecified atom stereocenters. The van der Waals surface area contributed by atoms with Crippen LogP contribution in [-0.4, -0.2) is 28.1 Å². The quantitative estimate of drug-likeness (QED) is 0.859. The fourth-order valence-corrected chi connectivity index (χ4v) is 2.43. The first kappa shape index (κ1) is 20.4. The van der Waals surface area contributed by atoms with Gasteiger partial charge in [0.15, 0.2) is 0 Å². The Morgan fingerprint density at radius 2 is 2.00 bits per heavy atom. The highest BCUT2D eigenvalue weighted by molar-refractivity contribution is 6.06. The first-order valence-electron chi connectivity index (χ1n) is 7.99. The molecule has 0 saturated carbocycles. The number of aromatic nitrogens is 2. The molecule has 7 heteroatoms. The summed E-state index contributed by atoms with van der Waals surface area (Å²) in [6.07, 6.45) is 0. The summed E-state index contributed by atoms with van der Waals surface area (Å²) in [5.74, 6) is 0.174. The molecule has 2 heterocycles. The predicted molar refractivity (Wildman–Crippen MR) is 97.6 cm³/mol. The van der Waals surface area contributed by atoms with E-state index in [1.165, 1.54) is 0 Å². The normalized spacial score (nSPS) is 13.9. The minimum absolute atomic E-state index is 0. The van der Waals surface area contributed by atoms with Gasteiger partial charge in [0.05, 0.1) is 22.2 Å². The third-order valence-electron chi connectivity index (χ3n) is 4.49. The van der Waals surface area contributed by atoms with Crippen molar-refractivity contribution in [2.24, 2.45) is 11.7 Å². The van der Waals surface area contributed by atoms with E-state index in [4.69, 9.17) is 10.3 Å². The van der Waals surface area contributed by atoms with Crippen molar-refractivity contribution in [3.8, 4) is 0 Å².